The van der Waals surface area contributed by atoms with Gasteiger partial charge in [-0.3, -0.25) is 4.99 Å². The van der Waals surface area contributed by atoms with E-state index in [1.165, 1.54) is 6.07 Å². The lowest BCUT2D eigenvalue weighted by Crippen LogP contribution is -2.47. The number of carbonyl (C=O) groups excluding carboxylic acids is 1. The number of nitrogens with zero attached hydrogens (tertiary/aromatic N) is 4. The van der Waals surface area contributed by atoms with E-state index in [1.807, 2.05) is 25.7 Å². The molecule has 1 saturated heterocycles. The maximum Gasteiger partial charge on any atom is 0.410 e. The molecule has 2 unspecified atom stereocenters. The molecule has 0 bridgehead atoms. The molecule has 0 saturated carbocycles. The van der Waals surface area contributed by atoms with Crippen LogP contribution in [0.1, 0.15) is 34.1 Å². The van der Waals surface area contributed by atoms with Crippen molar-refractivity contribution < 1.29 is 13.9 Å². The van der Waals surface area contributed by atoms with Gasteiger partial charge in [0, 0.05) is 52.5 Å². The fourth-order valence-corrected chi connectivity index (χ4v) is 3.29. The Bertz CT molecular complexity index is 743. The predicted octanol–water partition coefficient (Wildman–Crippen LogP) is 3.09. The van der Waals surface area contributed by atoms with Gasteiger partial charge in [-0.05, 0) is 45.2 Å². The smallest absolute Gasteiger partial charge is 0.410 e. The Hall–Kier alpha value is -1.85. The number of hydrogen-bond donors (Lipinski definition) is 2. The van der Waals surface area contributed by atoms with Crippen LogP contribution in [0.25, 0.3) is 0 Å². The summed E-state index contributed by atoms with van der Waals surface area (Å²) in [6.45, 7) is 10.2. The van der Waals surface area contributed by atoms with Crippen molar-refractivity contribution in [3.8, 4) is 0 Å². The highest BCUT2D eigenvalue weighted by molar-refractivity contribution is 14.0. The van der Waals surface area contributed by atoms with E-state index >= 15 is 0 Å². The average Bonchev–Trinajstić information content (AvgIpc) is 3.12. The van der Waals surface area contributed by atoms with E-state index in [0.29, 0.717) is 31.4 Å². The van der Waals surface area contributed by atoms with Gasteiger partial charge in [0.25, 0.3) is 0 Å². The third-order valence-electron chi connectivity index (χ3n) is 4.70. The lowest BCUT2D eigenvalue weighted by atomic mass is 10.1. The lowest BCUT2D eigenvalue weighted by molar-refractivity contribution is 0.0278. The number of aromatic nitrogens is 1. The minimum absolute atomic E-state index is 0. The molecular weight excluding hydrogens is 514 g/mol. The van der Waals surface area contributed by atoms with E-state index in [-0.39, 0.29) is 47.8 Å². The van der Waals surface area contributed by atoms with E-state index in [1.54, 1.807) is 31.3 Å². The van der Waals surface area contributed by atoms with Crippen LogP contribution in [-0.2, 0) is 4.74 Å². The number of halogens is 2. The van der Waals surface area contributed by atoms with Gasteiger partial charge < -0.3 is 25.2 Å². The van der Waals surface area contributed by atoms with Crippen molar-refractivity contribution in [3.05, 3.63) is 24.1 Å². The Labute approximate surface area is 202 Å². The first-order chi connectivity index (χ1) is 14.1. The molecule has 31 heavy (non-hydrogen) atoms. The Morgan fingerprint density at radius 3 is 2.81 bits per heavy atom. The van der Waals surface area contributed by atoms with Gasteiger partial charge in [-0.15, -0.1) is 24.0 Å². The number of carbonyl (C=O) groups is 1. The minimum Gasteiger partial charge on any atom is -0.444 e. The molecule has 1 amide bonds. The number of guanidine groups is 1. The molecule has 2 rings (SSSR count). The van der Waals surface area contributed by atoms with Crippen molar-refractivity contribution in [1.29, 1.82) is 0 Å². The quantitative estimate of drug-likeness (QED) is 0.322. The van der Waals surface area contributed by atoms with E-state index in [2.05, 4.69) is 27.5 Å². The van der Waals surface area contributed by atoms with Crippen molar-refractivity contribution in [3.63, 3.8) is 0 Å². The summed E-state index contributed by atoms with van der Waals surface area (Å²) in [6, 6.07) is 3.18. The summed E-state index contributed by atoms with van der Waals surface area (Å²) in [7, 11) is 3.46. The maximum atomic E-state index is 14.0. The molecule has 8 nitrogen and oxygen atoms in total. The van der Waals surface area contributed by atoms with Crippen LogP contribution in [0.4, 0.5) is 15.0 Å². The Balaban J connectivity index is 0.00000480. The summed E-state index contributed by atoms with van der Waals surface area (Å²) in [5.74, 6) is 0.978. The highest BCUT2D eigenvalue weighted by atomic mass is 127. The number of hydrogen-bond acceptors (Lipinski definition) is 5. The number of nitrogens with one attached hydrogen (secondary N) is 2. The van der Waals surface area contributed by atoms with Crippen LogP contribution in [-0.4, -0.2) is 73.9 Å². The second-order valence-electron chi connectivity index (χ2n) is 8.80. The molecule has 2 atom stereocenters. The highest BCUT2D eigenvalue weighted by Gasteiger charge is 2.26. The number of aliphatic imine (C=N–C) groups is 1. The van der Waals surface area contributed by atoms with Gasteiger partial charge in [0.2, 0.25) is 0 Å². The Kier molecular flexibility index (Phi) is 10.7. The van der Waals surface area contributed by atoms with Crippen LogP contribution in [0.15, 0.2) is 23.3 Å². The van der Waals surface area contributed by atoms with Gasteiger partial charge in [0.1, 0.15) is 5.60 Å². The van der Waals surface area contributed by atoms with Gasteiger partial charge in [0.05, 0.1) is 0 Å². The third-order valence-corrected chi connectivity index (χ3v) is 4.70. The maximum absolute atomic E-state index is 14.0. The summed E-state index contributed by atoms with van der Waals surface area (Å²) in [5, 5.41) is 6.70. The molecule has 176 valence electrons. The molecule has 1 aliphatic rings. The van der Waals surface area contributed by atoms with Crippen LogP contribution in [0, 0.1) is 11.7 Å². The largest absolute Gasteiger partial charge is 0.444 e. The zero-order valence-electron chi connectivity index (χ0n) is 19.3. The Morgan fingerprint density at radius 1 is 1.48 bits per heavy atom. The van der Waals surface area contributed by atoms with Gasteiger partial charge in [-0.1, -0.05) is 6.92 Å². The molecule has 0 spiro atoms. The zero-order valence-corrected chi connectivity index (χ0v) is 21.6. The first-order valence-electron chi connectivity index (χ1n) is 10.4. The Morgan fingerprint density at radius 2 is 2.19 bits per heavy atom. The molecule has 1 aromatic heterocycles. The molecule has 2 N–H and O–H groups in total. The number of rotatable bonds is 6. The van der Waals surface area contributed by atoms with Crippen molar-refractivity contribution >= 4 is 41.8 Å². The van der Waals surface area contributed by atoms with E-state index in [9.17, 15) is 9.18 Å². The summed E-state index contributed by atoms with van der Waals surface area (Å²) in [4.78, 5) is 24.1. The summed E-state index contributed by atoms with van der Waals surface area (Å²) in [5.41, 5.74) is -0.508. The first kappa shape index (κ1) is 27.2. The van der Waals surface area contributed by atoms with Crippen LogP contribution < -0.4 is 15.5 Å². The average molecular weight is 550 g/mol. The molecule has 0 aliphatic carbocycles. The second-order valence-corrected chi connectivity index (χ2v) is 8.80. The first-order valence-corrected chi connectivity index (χ1v) is 10.4. The third kappa shape index (κ3) is 9.04. The fraction of sp³-hybridized carbons (Fsp3) is 0.667. The van der Waals surface area contributed by atoms with Gasteiger partial charge in [0.15, 0.2) is 17.6 Å². The van der Waals surface area contributed by atoms with Crippen LogP contribution in [0.3, 0.4) is 0 Å². The number of pyridine rings is 1. The molecule has 2 heterocycles. The summed E-state index contributed by atoms with van der Waals surface area (Å²) < 4.78 is 19.3. The van der Waals surface area contributed by atoms with Crippen molar-refractivity contribution in [1.82, 2.24) is 20.5 Å². The van der Waals surface area contributed by atoms with Crippen molar-refractivity contribution in [2.45, 2.75) is 45.8 Å². The predicted molar refractivity (Wildman–Crippen MR) is 133 cm³/mol. The number of ether oxygens (including phenoxy) is 1. The van der Waals surface area contributed by atoms with Gasteiger partial charge in [-0.25, -0.2) is 14.2 Å². The lowest BCUT2D eigenvalue weighted by Gasteiger charge is -2.27. The molecule has 1 fully saturated rings. The molecular formula is C21H36FIN6O2. The highest BCUT2D eigenvalue weighted by Crippen LogP contribution is 2.20. The zero-order chi connectivity index (χ0) is 22.3. The number of anilines is 1. The SMILES string of the molecule is CN=C(NCC(C)CN(C)C(=O)OC(C)(C)C)NC1CCN(c2ncccc2F)C1.I. The monoisotopic (exact) mass is 550 g/mol. The topological polar surface area (TPSA) is 82.1 Å². The normalized spacial score (nSPS) is 17.6. The van der Waals surface area contributed by atoms with E-state index in [4.69, 9.17) is 4.74 Å². The molecule has 0 radical (unpaired) electrons. The van der Waals surface area contributed by atoms with Gasteiger partial charge >= 0.3 is 6.09 Å². The molecule has 1 aliphatic heterocycles. The second kappa shape index (κ2) is 12.3. The van der Waals surface area contributed by atoms with E-state index < -0.39 is 5.60 Å². The molecule has 0 aromatic carbocycles. The number of amides is 1. The molecule has 10 heteroatoms. The molecule has 1 aromatic rings. The summed E-state index contributed by atoms with van der Waals surface area (Å²) in [6.07, 6.45) is 2.15. The standard InChI is InChI=1S/C21H35FN6O2.HI/c1-15(13-27(6)20(29)30-21(2,3)4)12-25-19(23-5)26-16-9-11-28(14-16)18-17(22)8-7-10-24-18;/h7-8,10,15-16H,9,11-14H2,1-6H3,(H2,23,25,26);1H. The van der Waals surface area contributed by atoms with Crippen LogP contribution in [0.5, 0.6) is 0 Å². The fourth-order valence-electron chi connectivity index (χ4n) is 3.29. The van der Waals surface area contributed by atoms with Crippen molar-refractivity contribution in [2.75, 3.05) is 45.2 Å². The minimum atomic E-state index is -0.508. The van der Waals surface area contributed by atoms with Crippen molar-refractivity contribution in [2.24, 2.45) is 10.9 Å². The van der Waals surface area contributed by atoms with Crippen LogP contribution >= 0.6 is 24.0 Å². The van der Waals surface area contributed by atoms with E-state index in [0.717, 1.165) is 13.0 Å². The van der Waals surface area contributed by atoms with Crippen LogP contribution in [0.2, 0.25) is 0 Å². The van der Waals surface area contributed by atoms with Gasteiger partial charge in [-0.2, -0.15) is 0 Å². The summed E-state index contributed by atoms with van der Waals surface area (Å²) >= 11 is 0.